The Bertz CT molecular complexity index is 570. The van der Waals surface area contributed by atoms with E-state index in [4.69, 9.17) is 16.7 Å². The van der Waals surface area contributed by atoms with Crippen molar-refractivity contribution in [2.75, 3.05) is 0 Å². The van der Waals surface area contributed by atoms with Crippen molar-refractivity contribution in [1.29, 1.82) is 0 Å². The van der Waals surface area contributed by atoms with Gasteiger partial charge in [-0.3, -0.25) is 4.79 Å². The van der Waals surface area contributed by atoms with Crippen LogP contribution in [0.4, 0.5) is 0 Å². The molecule has 0 aliphatic heterocycles. The van der Waals surface area contributed by atoms with Crippen LogP contribution < -0.4 is 0 Å². The van der Waals surface area contributed by atoms with Crippen molar-refractivity contribution in [3.8, 4) is 10.6 Å². The number of rotatable bonds is 3. The molecule has 0 atom stereocenters. The molecule has 2 rings (SSSR count). The van der Waals surface area contributed by atoms with Crippen molar-refractivity contribution in [2.24, 2.45) is 0 Å². The van der Waals surface area contributed by atoms with Crippen LogP contribution in [0.25, 0.3) is 10.6 Å². The monoisotopic (exact) mass is 331 g/mol. The van der Waals surface area contributed by atoms with Gasteiger partial charge in [-0.25, -0.2) is 4.98 Å². The molecule has 0 aliphatic carbocycles. The number of hydrogen-bond acceptors (Lipinski definition) is 3. The fourth-order valence-corrected chi connectivity index (χ4v) is 3.12. The molecule has 1 aromatic heterocycles. The summed E-state index contributed by atoms with van der Waals surface area (Å²) in [6.45, 7) is 0. The second-order valence-corrected chi connectivity index (χ2v) is 5.75. The fraction of sp³-hybridized carbons (Fsp3) is 0.0909. The Morgan fingerprint density at radius 2 is 2.18 bits per heavy atom. The van der Waals surface area contributed by atoms with Gasteiger partial charge in [-0.05, 0) is 6.07 Å². The molecular weight excluding hydrogens is 326 g/mol. The lowest BCUT2D eigenvalue weighted by atomic mass is 10.2. The van der Waals surface area contributed by atoms with Gasteiger partial charge in [-0.2, -0.15) is 0 Å². The van der Waals surface area contributed by atoms with Gasteiger partial charge in [0.05, 0.1) is 12.1 Å². The smallest absolute Gasteiger partial charge is 0.309 e. The Hall–Kier alpha value is -0.910. The zero-order valence-corrected chi connectivity index (χ0v) is 11.6. The molecule has 0 fully saturated rings. The Balaban J connectivity index is 2.41. The van der Waals surface area contributed by atoms with Crippen molar-refractivity contribution < 1.29 is 9.90 Å². The van der Waals surface area contributed by atoms with Gasteiger partial charge in [-0.15, -0.1) is 11.3 Å². The predicted octanol–water partition coefficient (Wildman–Crippen LogP) is 3.85. The maximum absolute atomic E-state index is 10.6. The number of aliphatic carboxylic acids is 1. The highest BCUT2D eigenvalue weighted by atomic mass is 79.9. The minimum Gasteiger partial charge on any atom is -0.481 e. The SMILES string of the molecule is O=C(O)Cc1nc(-c2ccccc2Br)sc1Cl. The molecule has 88 valence electrons. The maximum atomic E-state index is 10.6. The van der Waals surface area contributed by atoms with E-state index in [9.17, 15) is 4.79 Å². The molecule has 17 heavy (non-hydrogen) atoms. The quantitative estimate of drug-likeness (QED) is 0.928. The molecule has 6 heteroatoms. The van der Waals surface area contributed by atoms with E-state index in [1.165, 1.54) is 11.3 Å². The minimum atomic E-state index is -0.934. The highest BCUT2D eigenvalue weighted by Gasteiger charge is 2.14. The number of thiazole rings is 1. The number of carbonyl (C=O) groups is 1. The van der Waals surface area contributed by atoms with E-state index >= 15 is 0 Å². The van der Waals surface area contributed by atoms with Crippen molar-refractivity contribution in [3.05, 3.63) is 38.8 Å². The molecule has 1 aromatic carbocycles. The molecule has 0 spiro atoms. The number of halogens is 2. The van der Waals surface area contributed by atoms with Gasteiger partial charge in [0.1, 0.15) is 9.34 Å². The first-order chi connectivity index (χ1) is 8.08. The zero-order valence-electron chi connectivity index (χ0n) is 8.48. The molecule has 0 bridgehead atoms. The Kier molecular flexibility index (Phi) is 3.81. The average Bonchev–Trinajstić information content (AvgIpc) is 2.60. The normalized spacial score (nSPS) is 10.5. The summed E-state index contributed by atoms with van der Waals surface area (Å²) < 4.78 is 1.34. The molecule has 1 heterocycles. The lowest BCUT2D eigenvalue weighted by molar-refractivity contribution is -0.136. The van der Waals surface area contributed by atoms with Gasteiger partial charge in [0, 0.05) is 10.0 Å². The summed E-state index contributed by atoms with van der Waals surface area (Å²) in [5.41, 5.74) is 1.32. The number of hydrogen-bond donors (Lipinski definition) is 1. The topological polar surface area (TPSA) is 50.2 Å². The summed E-state index contributed by atoms with van der Waals surface area (Å²) in [5.74, 6) is -0.934. The molecule has 0 saturated carbocycles. The third-order valence-electron chi connectivity index (χ3n) is 2.07. The van der Waals surface area contributed by atoms with Crippen LogP contribution in [0, 0.1) is 0 Å². The standard InChI is InChI=1S/C11H7BrClNO2S/c12-7-4-2-1-3-6(7)11-14-8(5-9(15)16)10(13)17-11/h1-4H,5H2,(H,15,16). The summed E-state index contributed by atoms with van der Waals surface area (Å²) in [5, 5.41) is 9.44. The minimum absolute atomic E-state index is 0.153. The molecule has 2 aromatic rings. The van der Waals surface area contributed by atoms with E-state index in [0.717, 1.165) is 15.0 Å². The number of nitrogens with zero attached hydrogens (tertiary/aromatic N) is 1. The third kappa shape index (κ3) is 2.86. The summed E-state index contributed by atoms with van der Waals surface area (Å²) in [4.78, 5) is 14.9. The lowest BCUT2D eigenvalue weighted by Gasteiger charge is -1.98. The van der Waals surface area contributed by atoms with Crippen LogP contribution in [0.3, 0.4) is 0 Å². The van der Waals surface area contributed by atoms with E-state index < -0.39 is 5.97 Å². The first-order valence-electron chi connectivity index (χ1n) is 4.70. The van der Waals surface area contributed by atoms with E-state index in [1.54, 1.807) is 0 Å². The highest BCUT2D eigenvalue weighted by Crippen LogP contribution is 2.35. The van der Waals surface area contributed by atoms with Crippen molar-refractivity contribution in [2.45, 2.75) is 6.42 Å². The molecular formula is C11H7BrClNO2S. The van der Waals surface area contributed by atoms with E-state index in [2.05, 4.69) is 20.9 Å². The largest absolute Gasteiger partial charge is 0.481 e. The van der Waals surface area contributed by atoms with Crippen molar-refractivity contribution >= 4 is 44.8 Å². The van der Waals surface area contributed by atoms with E-state index in [-0.39, 0.29) is 6.42 Å². The average molecular weight is 333 g/mol. The second-order valence-electron chi connectivity index (χ2n) is 3.29. The van der Waals surface area contributed by atoms with Gasteiger partial charge in [0.2, 0.25) is 0 Å². The first-order valence-corrected chi connectivity index (χ1v) is 6.68. The van der Waals surface area contributed by atoms with Crippen LogP contribution in [-0.2, 0) is 11.2 Å². The fourth-order valence-electron chi connectivity index (χ4n) is 1.34. The molecule has 0 amide bonds. The van der Waals surface area contributed by atoms with E-state index in [0.29, 0.717) is 10.0 Å². The van der Waals surface area contributed by atoms with Crippen molar-refractivity contribution in [3.63, 3.8) is 0 Å². The summed E-state index contributed by atoms with van der Waals surface area (Å²) >= 11 is 10.7. The van der Waals surface area contributed by atoms with Gasteiger partial charge >= 0.3 is 5.97 Å². The summed E-state index contributed by atoms with van der Waals surface area (Å²) in [7, 11) is 0. The number of benzene rings is 1. The first kappa shape index (κ1) is 12.5. The number of carboxylic acid groups (broad SMARTS) is 1. The molecule has 1 N–H and O–H groups in total. The van der Waals surface area contributed by atoms with Crippen LogP contribution in [0.15, 0.2) is 28.7 Å². The van der Waals surface area contributed by atoms with Gasteiger partial charge in [0.25, 0.3) is 0 Å². The Morgan fingerprint density at radius 3 is 2.82 bits per heavy atom. The molecule has 0 saturated heterocycles. The van der Waals surface area contributed by atoms with Crippen LogP contribution in [-0.4, -0.2) is 16.1 Å². The Labute approximate surface area is 115 Å². The molecule has 3 nitrogen and oxygen atoms in total. The van der Waals surface area contributed by atoms with Crippen LogP contribution in [0.2, 0.25) is 4.34 Å². The maximum Gasteiger partial charge on any atom is 0.309 e. The van der Waals surface area contributed by atoms with Crippen LogP contribution in [0.5, 0.6) is 0 Å². The van der Waals surface area contributed by atoms with Crippen molar-refractivity contribution in [1.82, 2.24) is 4.98 Å². The number of carboxylic acids is 1. The summed E-state index contributed by atoms with van der Waals surface area (Å²) in [6.07, 6.45) is -0.153. The molecule has 0 unspecified atom stereocenters. The lowest BCUT2D eigenvalue weighted by Crippen LogP contribution is -2.00. The van der Waals surface area contributed by atoms with Gasteiger partial charge in [-0.1, -0.05) is 45.7 Å². The Morgan fingerprint density at radius 1 is 1.47 bits per heavy atom. The second kappa shape index (κ2) is 5.16. The summed E-state index contributed by atoms with van der Waals surface area (Å²) in [6, 6.07) is 7.61. The molecule has 0 aliphatic rings. The molecule has 0 radical (unpaired) electrons. The van der Waals surface area contributed by atoms with Gasteiger partial charge < -0.3 is 5.11 Å². The third-order valence-corrected chi connectivity index (χ3v) is 4.13. The van der Waals surface area contributed by atoms with Gasteiger partial charge in [0.15, 0.2) is 0 Å². The number of aromatic nitrogens is 1. The van der Waals surface area contributed by atoms with E-state index in [1.807, 2.05) is 24.3 Å². The zero-order chi connectivity index (χ0) is 12.4. The predicted molar refractivity (Wildman–Crippen MR) is 71.6 cm³/mol. The van der Waals surface area contributed by atoms with Crippen LogP contribution >= 0.6 is 38.9 Å². The highest BCUT2D eigenvalue weighted by molar-refractivity contribution is 9.10. The van der Waals surface area contributed by atoms with Crippen LogP contribution in [0.1, 0.15) is 5.69 Å².